The second-order valence-corrected chi connectivity index (χ2v) is 5.54. The molecule has 1 rings (SSSR count). The number of carbonyl (C=O) groups excluding carboxylic acids is 3. The minimum atomic E-state index is -1.13. The number of rotatable bonds is 5. The number of carbonyl (C=O) groups is 3. The number of hydrogen-bond acceptors (Lipinski definition) is 8. The van der Waals surface area contributed by atoms with Crippen LogP contribution in [0, 0.1) is 0 Å². The van der Waals surface area contributed by atoms with Gasteiger partial charge in [-0.25, -0.2) is 0 Å². The Morgan fingerprint density at radius 3 is 1.82 bits per heavy atom. The maximum atomic E-state index is 11.3. The normalized spacial score (nSPS) is 31.2. The molecule has 1 saturated heterocycles. The van der Waals surface area contributed by atoms with Gasteiger partial charge in [-0.15, -0.1) is 0 Å². The highest BCUT2D eigenvalue weighted by molar-refractivity contribution is 14.1. The number of esters is 3. The Morgan fingerprint density at radius 2 is 1.41 bits per heavy atom. The molecule has 1 fully saturated rings. The highest BCUT2D eigenvalue weighted by atomic mass is 127. The summed E-state index contributed by atoms with van der Waals surface area (Å²) >= 11 is 2.05. The molecule has 0 aromatic heterocycles. The first-order chi connectivity index (χ1) is 10.3. The Balaban J connectivity index is 3.09. The zero-order valence-electron chi connectivity index (χ0n) is 12.7. The molecular formula is C13H19IO8. The standard InChI is InChI=1S/C13H19IO8/c1-6(15)19-10-9(5-14)22-13(21-8(3)17)12(11(10)18-4)20-7(2)16/h9-13H,5H2,1-4H3. The van der Waals surface area contributed by atoms with Gasteiger partial charge in [0.1, 0.15) is 12.2 Å². The van der Waals surface area contributed by atoms with E-state index in [0.717, 1.165) is 0 Å². The summed E-state index contributed by atoms with van der Waals surface area (Å²) < 4.78 is 26.9. The molecule has 5 unspecified atom stereocenters. The van der Waals surface area contributed by atoms with Gasteiger partial charge in [0, 0.05) is 32.3 Å². The van der Waals surface area contributed by atoms with E-state index in [2.05, 4.69) is 22.6 Å². The van der Waals surface area contributed by atoms with Crippen molar-refractivity contribution < 1.29 is 38.1 Å². The molecule has 0 radical (unpaired) electrons. The Kier molecular flexibility index (Phi) is 7.49. The van der Waals surface area contributed by atoms with Crippen LogP contribution in [0.5, 0.6) is 0 Å². The van der Waals surface area contributed by atoms with Gasteiger partial charge in [0.2, 0.25) is 6.29 Å². The van der Waals surface area contributed by atoms with Crippen LogP contribution >= 0.6 is 22.6 Å². The molecule has 0 saturated carbocycles. The lowest BCUT2D eigenvalue weighted by molar-refractivity contribution is -0.292. The molecule has 0 spiro atoms. The third-order valence-electron chi connectivity index (χ3n) is 2.90. The molecule has 9 heteroatoms. The van der Waals surface area contributed by atoms with E-state index in [0.29, 0.717) is 4.43 Å². The lowest BCUT2D eigenvalue weighted by Gasteiger charge is -2.43. The number of ether oxygens (including phenoxy) is 5. The summed E-state index contributed by atoms with van der Waals surface area (Å²) in [5, 5.41) is 0. The van der Waals surface area contributed by atoms with Crippen LogP contribution in [0.15, 0.2) is 0 Å². The van der Waals surface area contributed by atoms with Crippen molar-refractivity contribution in [3.8, 4) is 0 Å². The molecule has 0 amide bonds. The predicted octanol–water partition coefficient (Wildman–Crippen LogP) is 0.588. The third-order valence-corrected chi connectivity index (χ3v) is 3.77. The minimum Gasteiger partial charge on any atom is -0.457 e. The summed E-state index contributed by atoms with van der Waals surface area (Å²) in [6.07, 6.45) is -4.32. The molecular weight excluding hydrogens is 411 g/mol. The lowest BCUT2D eigenvalue weighted by Crippen LogP contribution is -2.62. The Bertz CT molecular complexity index is 426. The summed E-state index contributed by atoms with van der Waals surface area (Å²) in [7, 11) is 1.39. The molecule has 8 nitrogen and oxygen atoms in total. The molecule has 1 heterocycles. The molecule has 22 heavy (non-hydrogen) atoms. The zero-order chi connectivity index (χ0) is 16.9. The summed E-state index contributed by atoms with van der Waals surface area (Å²) in [5.41, 5.74) is 0. The first-order valence-electron chi connectivity index (χ1n) is 6.56. The van der Waals surface area contributed by atoms with Crippen LogP contribution in [0.3, 0.4) is 0 Å². The van der Waals surface area contributed by atoms with Gasteiger partial charge < -0.3 is 23.7 Å². The third kappa shape index (κ3) is 5.06. The van der Waals surface area contributed by atoms with Gasteiger partial charge in [-0.3, -0.25) is 14.4 Å². The Hall–Kier alpha value is -0.940. The molecule has 0 aromatic carbocycles. The average Bonchev–Trinajstić information content (AvgIpc) is 2.40. The van der Waals surface area contributed by atoms with Crippen LogP contribution in [-0.2, 0) is 38.1 Å². The second kappa shape index (κ2) is 8.63. The van der Waals surface area contributed by atoms with Gasteiger partial charge in [-0.1, -0.05) is 22.6 Å². The van der Waals surface area contributed by atoms with Gasteiger partial charge >= 0.3 is 17.9 Å². The minimum absolute atomic E-state index is 0.458. The number of halogens is 1. The molecule has 0 N–H and O–H groups in total. The Labute approximate surface area is 141 Å². The number of methoxy groups -OCH3 is 1. The molecule has 1 aliphatic rings. The highest BCUT2D eigenvalue weighted by Gasteiger charge is 2.51. The summed E-state index contributed by atoms with van der Waals surface area (Å²) in [4.78, 5) is 33.8. The number of hydrogen-bond donors (Lipinski definition) is 0. The van der Waals surface area contributed by atoms with E-state index >= 15 is 0 Å². The van der Waals surface area contributed by atoms with Crippen molar-refractivity contribution in [2.24, 2.45) is 0 Å². The fourth-order valence-electron chi connectivity index (χ4n) is 2.18. The second-order valence-electron chi connectivity index (χ2n) is 4.66. The fraction of sp³-hybridized carbons (Fsp3) is 0.769. The smallest absolute Gasteiger partial charge is 0.305 e. The lowest BCUT2D eigenvalue weighted by atomic mass is 9.99. The highest BCUT2D eigenvalue weighted by Crippen LogP contribution is 2.29. The van der Waals surface area contributed by atoms with Crippen molar-refractivity contribution in [2.45, 2.75) is 51.5 Å². The summed E-state index contributed by atoms with van der Waals surface area (Å²) in [6, 6.07) is 0. The largest absolute Gasteiger partial charge is 0.457 e. The first kappa shape index (κ1) is 19.1. The number of alkyl halides is 1. The van der Waals surface area contributed by atoms with Crippen molar-refractivity contribution in [1.29, 1.82) is 0 Å². The average molecular weight is 430 g/mol. The van der Waals surface area contributed by atoms with Crippen LogP contribution in [0.2, 0.25) is 0 Å². The summed E-state index contributed by atoms with van der Waals surface area (Å²) in [6.45, 7) is 3.69. The molecule has 5 atom stereocenters. The predicted molar refractivity (Wildman–Crippen MR) is 81.2 cm³/mol. The van der Waals surface area contributed by atoms with E-state index in [9.17, 15) is 14.4 Å². The maximum absolute atomic E-state index is 11.3. The van der Waals surface area contributed by atoms with E-state index in [-0.39, 0.29) is 0 Å². The van der Waals surface area contributed by atoms with Crippen LogP contribution in [-0.4, -0.2) is 60.2 Å². The van der Waals surface area contributed by atoms with Crippen molar-refractivity contribution in [2.75, 3.05) is 11.5 Å². The van der Waals surface area contributed by atoms with E-state index < -0.39 is 48.6 Å². The van der Waals surface area contributed by atoms with E-state index in [1.165, 1.54) is 27.9 Å². The van der Waals surface area contributed by atoms with Gasteiger partial charge in [0.05, 0.1) is 0 Å². The van der Waals surface area contributed by atoms with Gasteiger partial charge in [0.15, 0.2) is 12.2 Å². The molecule has 1 aliphatic heterocycles. The van der Waals surface area contributed by atoms with Crippen molar-refractivity contribution in [1.82, 2.24) is 0 Å². The van der Waals surface area contributed by atoms with Crippen LogP contribution in [0.4, 0.5) is 0 Å². The molecule has 126 valence electrons. The molecule has 0 bridgehead atoms. The van der Waals surface area contributed by atoms with Crippen LogP contribution in [0.1, 0.15) is 20.8 Å². The maximum Gasteiger partial charge on any atom is 0.305 e. The van der Waals surface area contributed by atoms with Crippen molar-refractivity contribution in [3.63, 3.8) is 0 Å². The van der Waals surface area contributed by atoms with Gasteiger partial charge in [0.25, 0.3) is 0 Å². The van der Waals surface area contributed by atoms with Gasteiger partial charge in [-0.05, 0) is 0 Å². The SMILES string of the molecule is COC1C(OC(C)=O)C(CI)OC(OC(C)=O)C1OC(C)=O. The van der Waals surface area contributed by atoms with E-state index in [1.54, 1.807) is 0 Å². The molecule has 0 aromatic rings. The quantitative estimate of drug-likeness (QED) is 0.271. The van der Waals surface area contributed by atoms with E-state index in [1.807, 2.05) is 0 Å². The first-order valence-corrected chi connectivity index (χ1v) is 8.08. The van der Waals surface area contributed by atoms with Crippen LogP contribution < -0.4 is 0 Å². The monoisotopic (exact) mass is 430 g/mol. The molecule has 0 aliphatic carbocycles. The van der Waals surface area contributed by atoms with Crippen molar-refractivity contribution in [3.05, 3.63) is 0 Å². The Morgan fingerprint density at radius 1 is 0.909 bits per heavy atom. The zero-order valence-corrected chi connectivity index (χ0v) is 14.9. The topological polar surface area (TPSA) is 97.4 Å². The van der Waals surface area contributed by atoms with Gasteiger partial charge in [-0.2, -0.15) is 0 Å². The van der Waals surface area contributed by atoms with E-state index in [4.69, 9.17) is 23.7 Å². The fourth-order valence-corrected chi connectivity index (χ4v) is 2.89. The van der Waals surface area contributed by atoms with Crippen molar-refractivity contribution >= 4 is 40.5 Å². The van der Waals surface area contributed by atoms with Crippen LogP contribution in [0.25, 0.3) is 0 Å². The summed E-state index contributed by atoms with van der Waals surface area (Å²) in [5.74, 6) is -1.70.